The maximum absolute atomic E-state index is 9.75. The van der Waals surface area contributed by atoms with E-state index < -0.39 is 0 Å². The molecule has 0 aliphatic rings. The van der Waals surface area contributed by atoms with Crippen molar-refractivity contribution in [3.63, 3.8) is 0 Å². The van der Waals surface area contributed by atoms with Gasteiger partial charge in [0.2, 0.25) is 0 Å². The summed E-state index contributed by atoms with van der Waals surface area (Å²) < 4.78 is 0. The number of hydrogen-bond donors (Lipinski definition) is 3. The number of nitrogens with one attached hydrogen (secondary N) is 1. The largest absolute Gasteiger partial charge is 0.508 e. The third-order valence-electron chi connectivity index (χ3n) is 2.77. The van der Waals surface area contributed by atoms with Crippen LogP contribution in [0.2, 0.25) is 0 Å². The summed E-state index contributed by atoms with van der Waals surface area (Å²) in [5.74, 6) is 0.388. The monoisotopic (exact) mass is 222 g/mol. The lowest BCUT2D eigenvalue weighted by molar-refractivity contribution is 0.451. The Hall–Kier alpha value is -1.06. The Balaban J connectivity index is 2.65. The van der Waals surface area contributed by atoms with Crippen LogP contribution in [0.1, 0.15) is 24.5 Å². The molecule has 0 saturated carbocycles. The first-order chi connectivity index (χ1) is 7.67. The van der Waals surface area contributed by atoms with Gasteiger partial charge in [-0.2, -0.15) is 0 Å². The molecule has 0 radical (unpaired) electrons. The van der Waals surface area contributed by atoms with Gasteiger partial charge in [-0.1, -0.05) is 24.6 Å². The topological polar surface area (TPSA) is 58.3 Å². The van der Waals surface area contributed by atoms with Crippen LogP contribution in [0, 0.1) is 6.92 Å². The Morgan fingerprint density at radius 1 is 1.44 bits per heavy atom. The van der Waals surface area contributed by atoms with Crippen molar-refractivity contribution in [3.8, 4) is 5.75 Å². The summed E-state index contributed by atoms with van der Waals surface area (Å²) in [7, 11) is 0. The van der Waals surface area contributed by atoms with Crippen molar-refractivity contribution in [1.29, 1.82) is 0 Å². The normalized spacial score (nSPS) is 12.7. The Morgan fingerprint density at radius 3 is 2.81 bits per heavy atom. The molecule has 0 aliphatic heterocycles. The highest BCUT2D eigenvalue weighted by molar-refractivity contribution is 5.36. The van der Waals surface area contributed by atoms with Crippen LogP contribution in [0.3, 0.4) is 0 Å². The third-order valence-corrected chi connectivity index (χ3v) is 2.77. The minimum absolute atomic E-state index is 0.385. The predicted molar refractivity (Wildman–Crippen MR) is 67.7 cm³/mol. The molecule has 0 bridgehead atoms. The summed E-state index contributed by atoms with van der Waals surface area (Å²) in [6.45, 7) is 5.65. The van der Waals surface area contributed by atoms with Crippen molar-refractivity contribution in [1.82, 2.24) is 5.32 Å². The van der Waals surface area contributed by atoms with Gasteiger partial charge in [0.05, 0.1) is 0 Å². The minimum atomic E-state index is 0.385. The average Bonchev–Trinajstić information content (AvgIpc) is 2.28. The first-order valence-corrected chi connectivity index (χ1v) is 5.89. The number of aromatic hydroxyl groups is 1. The zero-order chi connectivity index (χ0) is 12.0. The van der Waals surface area contributed by atoms with Crippen molar-refractivity contribution < 1.29 is 5.11 Å². The van der Waals surface area contributed by atoms with Crippen LogP contribution in [0.4, 0.5) is 0 Å². The van der Waals surface area contributed by atoms with E-state index >= 15 is 0 Å². The van der Waals surface area contributed by atoms with E-state index in [-0.39, 0.29) is 0 Å². The van der Waals surface area contributed by atoms with Crippen LogP contribution in [-0.2, 0) is 6.42 Å². The Morgan fingerprint density at radius 2 is 2.19 bits per heavy atom. The van der Waals surface area contributed by atoms with Gasteiger partial charge in [0.25, 0.3) is 0 Å². The molecule has 1 atom stereocenters. The lowest BCUT2D eigenvalue weighted by atomic mass is 10.0. The van der Waals surface area contributed by atoms with Gasteiger partial charge in [0, 0.05) is 19.1 Å². The number of benzene rings is 1. The summed E-state index contributed by atoms with van der Waals surface area (Å²) in [6, 6.07) is 6.12. The van der Waals surface area contributed by atoms with Crippen molar-refractivity contribution in [2.45, 2.75) is 32.7 Å². The molecule has 1 aromatic rings. The highest BCUT2D eigenvalue weighted by Crippen LogP contribution is 2.20. The highest BCUT2D eigenvalue weighted by Gasteiger charge is 2.09. The maximum Gasteiger partial charge on any atom is 0.118 e. The van der Waals surface area contributed by atoms with E-state index in [2.05, 4.69) is 12.2 Å². The number of aryl methyl sites for hydroxylation is 1. The van der Waals surface area contributed by atoms with Gasteiger partial charge in [-0.05, 0) is 31.4 Å². The molecule has 3 nitrogen and oxygen atoms in total. The van der Waals surface area contributed by atoms with Gasteiger partial charge in [-0.25, -0.2) is 0 Å². The van der Waals surface area contributed by atoms with Gasteiger partial charge in [0.15, 0.2) is 0 Å². The van der Waals surface area contributed by atoms with Crippen molar-refractivity contribution in [2.24, 2.45) is 5.73 Å². The van der Waals surface area contributed by atoms with Crippen molar-refractivity contribution in [2.75, 3.05) is 13.1 Å². The molecule has 0 aliphatic carbocycles. The number of rotatable bonds is 6. The molecule has 4 N–H and O–H groups in total. The minimum Gasteiger partial charge on any atom is -0.508 e. The molecule has 16 heavy (non-hydrogen) atoms. The molecule has 1 rings (SSSR count). The lowest BCUT2D eigenvalue weighted by Crippen LogP contribution is -2.34. The Kier molecular flexibility index (Phi) is 5.29. The zero-order valence-electron chi connectivity index (χ0n) is 10.2. The summed E-state index contributed by atoms with van der Waals surface area (Å²) in [4.78, 5) is 0. The second kappa shape index (κ2) is 6.51. The zero-order valence-corrected chi connectivity index (χ0v) is 10.2. The third kappa shape index (κ3) is 3.83. The van der Waals surface area contributed by atoms with Gasteiger partial charge < -0.3 is 16.2 Å². The van der Waals surface area contributed by atoms with Crippen LogP contribution >= 0.6 is 0 Å². The van der Waals surface area contributed by atoms with Crippen LogP contribution in [-0.4, -0.2) is 24.2 Å². The van der Waals surface area contributed by atoms with E-state index in [1.165, 1.54) is 5.56 Å². The molecule has 0 saturated heterocycles. The van der Waals surface area contributed by atoms with E-state index in [4.69, 9.17) is 5.73 Å². The molecule has 1 unspecified atom stereocenters. The smallest absolute Gasteiger partial charge is 0.118 e. The fourth-order valence-corrected chi connectivity index (χ4v) is 1.79. The summed E-state index contributed by atoms with van der Waals surface area (Å²) in [5, 5.41) is 13.1. The van der Waals surface area contributed by atoms with Crippen LogP contribution < -0.4 is 11.1 Å². The summed E-state index contributed by atoms with van der Waals surface area (Å²) in [6.07, 6.45) is 1.89. The van der Waals surface area contributed by atoms with Crippen LogP contribution in [0.5, 0.6) is 5.75 Å². The van der Waals surface area contributed by atoms with Gasteiger partial charge >= 0.3 is 0 Å². The van der Waals surface area contributed by atoms with E-state index in [0.717, 1.165) is 24.9 Å². The number of phenols is 1. The van der Waals surface area contributed by atoms with Crippen molar-refractivity contribution >= 4 is 0 Å². The Labute approximate surface area is 97.7 Å². The van der Waals surface area contributed by atoms with Crippen LogP contribution in [0.15, 0.2) is 18.2 Å². The van der Waals surface area contributed by atoms with E-state index in [1.54, 1.807) is 6.07 Å². The molecule has 90 valence electrons. The fourth-order valence-electron chi connectivity index (χ4n) is 1.79. The quantitative estimate of drug-likeness (QED) is 0.685. The SMILES string of the molecule is CCC(Cc1cc(C)ccc1O)NCCN. The molecule has 0 amide bonds. The summed E-state index contributed by atoms with van der Waals surface area (Å²) in [5.41, 5.74) is 7.66. The molecular weight excluding hydrogens is 200 g/mol. The molecular formula is C13H22N2O. The molecule has 1 aromatic carbocycles. The summed E-state index contributed by atoms with van der Waals surface area (Å²) >= 11 is 0. The van der Waals surface area contributed by atoms with Gasteiger partial charge in [-0.3, -0.25) is 0 Å². The molecule has 0 fully saturated rings. The van der Waals surface area contributed by atoms with E-state index in [0.29, 0.717) is 18.3 Å². The first kappa shape index (κ1) is 13.0. The standard InChI is InChI=1S/C13H22N2O/c1-3-12(15-7-6-14)9-11-8-10(2)4-5-13(11)16/h4-5,8,12,15-16H,3,6-7,9,14H2,1-2H3. The van der Waals surface area contributed by atoms with Gasteiger partial charge in [0.1, 0.15) is 5.75 Å². The number of hydrogen-bond acceptors (Lipinski definition) is 3. The predicted octanol–water partition coefficient (Wildman–Crippen LogP) is 1.57. The molecule has 3 heteroatoms. The van der Waals surface area contributed by atoms with Crippen molar-refractivity contribution in [3.05, 3.63) is 29.3 Å². The fraction of sp³-hybridized carbons (Fsp3) is 0.538. The maximum atomic E-state index is 9.75. The second-order valence-electron chi connectivity index (χ2n) is 4.18. The first-order valence-electron chi connectivity index (χ1n) is 5.89. The molecule has 0 spiro atoms. The second-order valence-corrected chi connectivity index (χ2v) is 4.18. The van der Waals surface area contributed by atoms with Crippen LogP contribution in [0.25, 0.3) is 0 Å². The van der Waals surface area contributed by atoms with E-state index in [9.17, 15) is 5.11 Å². The molecule has 0 aromatic heterocycles. The van der Waals surface area contributed by atoms with Gasteiger partial charge in [-0.15, -0.1) is 0 Å². The Bertz CT molecular complexity index is 326. The number of nitrogens with two attached hydrogens (primary N) is 1. The average molecular weight is 222 g/mol. The lowest BCUT2D eigenvalue weighted by Gasteiger charge is -2.17. The number of phenolic OH excluding ortho intramolecular Hbond substituents is 1. The highest BCUT2D eigenvalue weighted by atomic mass is 16.3. The van der Waals surface area contributed by atoms with E-state index in [1.807, 2.05) is 19.1 Å². The molecule has 0 heterocycles.